The summed E-state index contributed by atoms with van der Waals surface area (Å²) in [7, 11) is 0. The second-order valence-corrected chi connectivity index (χ2v) is 6.61. The summed E-state index contributed by atoms with van der Waals surface area (Å²) in [5.74, 6) is 0.597. The number of benzene rings is 1. The van der Waals surface area contributed by atoms with E-state index in [1.54, 1.807) is 12.1 Å². The summed E-state index contributed by atoms with van der Waals surface area (Å²) in [6, 6.07) is 6.48. The molecule has 0 radical (unpaired) electrons. The molecule has 1 saturated heterocycles. The number of hydrogen-bond donors (Lipinski definition) is 1. The standard InChI is InChI=1S/C17H25FN2/c1-12-3-4-13(2)20(11-12)17-8-5-15(18)9-14(17)10-19-16-6-7-16/h5,8-9,12-13,16,19H,3-4,6-7,10-11H2,1-2H3. The molecule has 1 aliphatic heterocycles. The van der Waals surface area contributed by atoms with E-state index in [9.17, 15) is 4.39 Å². The zero-order chi connectivity index (χ0) is 14.1. The third-order valence-corrected chi connectivity index (χ3v) is 4.63. The highest BCUT2D eigenvalue weighted by Gasteiger charge is 2.26. The molecule has 0 aromatic heterocycles. The molecule has 2 atom stereocenters. The van der Waals surface area contributed by atoms with Crippen LogP contribution in [0.25, 0.3) is 0 Å². The quantitative estimate of drug-likeness (QED) is 0.902. The van der Waals surface area contributed by atoms with Crippen molar-refractivity contribution in [1.29, 1.82) is 0 Å². The van der Waals surface area contributed by atoms with Gasteiger partial charge in [0.1, 0.15) is 5.82 Å². The van der Waals surface area contributed by atoms with E-state index in [1.807, 2.05) is 6.07 Å². The Bertz CT molecular complexity index is 470. The Morgan fingerprint density at radius 2 is 2.00 bits per heavy atom. The van der Waals surface area contributed by atoms with Gasteiger partial charge in [-0.2, -0.15) is 0 Å². The van der Waals surface area contributed by atoms with Crippen molar-refractivity contribution < 1.29 is 4.39 Å². The molecule has 0 amide bonds. The molecular weight excluding hydrogens is 251 g/mol. The largest absolute Gasteiger partial charge is 0.368 e. The van der Waals surface area contributed by atoms with Crippen molar-refractivity contribution >= 4 is 5.69 Å². The van der Waals surface area contributed by atoms with E-state index in [4.69, 9.17) is 0 Å². The summed E-state index contributed by atoms with van der Waals surface area (Å²) in [4.78, 5) is 2.47. The summed E-state index contributed by atoms with van der Waals surface area (Å²) in [6.45, 7) is 6.47. The molecule has 2 aliphatic rings. The maximum Gasteiger partial charge on any atom is 0.123 e. The fraction of sp³-hybridized carbons (Fsp3) is 0.647. The molecule has 2 fully saturated rings. The maximum absolute atomic E-state index is 13.6. The number of halogens is 1. The van der Waals surface area contributed by atoms with Crippen molar-refractivity contribution in [2.24, 2.45) is 5.92 Å². The van der Waals surface area contributed by atoms with Gasteiger partial charge in [0.05, 0.1) is 0 Å². The first-order valence-corrected chi connectivity index (χ1v) is 7.92. The van der Waals surface area contributed by atoms with Gasteiger partial charge in [-0.15, -0.1) is 0 Å². The Kier molecular flexibility index (Phi) is 3.97. The summed E-state index contributed by atoms with van der Waals surface area (Å²) in [5.41, 5.74) is 2.33. The van der Waals surface area contributed by atoms with E-state index in [1.165, 1.54) is 31.4 Å². The summed E-state index contributed by atoms with van der Waals surface area (Å²) >= 11 is 0. The van der Waals surface area contributed by atoms with Gasteiger partial charge in [0.2, 0.25) is 0 Å². The zero-order valence-electron chi connectivity index (χ0n) is 12.5. The normalized spacial score (nSPS) is 26.9. The molecule has 1 aromatic rings. The van der Waals surface area contributed by atoms with Crippen LogP contribution in [0, 0.1) is 11.7 Å². The molecule has 110 valence electrons. The van der Waals surface area contributed by atoms with Crippen LogP contribution in [0.2, 0.25) is 0 Å². The van der Waals surface area contributed by atoms with Crippen molar-refractivity contribution in [3.05, 3.63) is 29.6 Å². The summed E-state index contributed by atoms with van der Waals surface area (Å²) < 4.78 is 13.6. The zero-order valence-corrected chi connectivity index (χ0v) is 12.5. The lowest BCUT2D eigenvalue weighted by Gasteiger charge is -2.39. The Labute approximate surface area is 121 Å². The average molecular weight is 276 g/mol. The molecule has 1 aromatic carbocycles. The second-order valence-electron chi connectivity index (χ2n) is 6.61. The lowest BCUT2D eigenvalue weighted by Crippen LogP contribution is -2.41. The summed E-state index contributed by atoms with van der Waals surface area (Å²) in [5, 5.41) is 3.51. The Morgan fingerprint density at radius 1 is 1.20 bits per heavy atom. The lowest BCUT2D eigenvalue weighted by molar-refractivity contribution is 0.389. The van der Waals surface area contributed by atoms with E-state index < -0.39 is 0 Å². The highest BCUT2D eigenvalue weighted by atomic mass is 19.1. The first kappa shape index (κ1) is 13.9. The molecule has 1 heterocycles. The van der Waals surface area contributed by atoms with Crippen LogP contribution >= 0.6 is 0 Å². The van der Waals surface area contributed by atoms with Crippen LogP contribution in [0.3, 0.4) is 0 Å². The SMILES string of the molecule is CC1CCC(C)N(c2ccc(F)cc2CNC2CC2)C1. The fourth-order valence-corrected chi connectivity index (χ4v) is 3.14. The van der Waals surface area contributed by atoms with Crippen LogP contribution in [-0.4, -0.2) is 18.6 Å². The molecule has 1 saturated carbocycles. The van der Waals surface area contributed by atoms with Gasteiger partial charge in [-0.3, -0.25) is 0 Å². The van der Waals surface area contributed by atoms with Gasteiger partial charge in [-0.25, -0.2) is 4.39 Å². The molecule has 1 aliphatic carbocycles. The molecule has 3 rings (SSSR count). The van der Waals surface area contributed by atoms with Crippen LogP contribution in [0.1, 0.15) is 45.1 Å². The number of piperidine rings is 1. The Morgan fingerprint density at radius 3 is 2.75 bits per heavy atom. The van der Waals surface area contributed by atoms with Gasteiger partial charge in [0.25, 0.3) is 0 Å². The van der Waals surface area contributed by atoms with Gasteiger partial charge in [-0.1, -0.05) is 6.92 Å². The molecule has 0 bridgehead atoms. The molecule has 20 heavy (non-hydrogen) atoms. The molecule has 2 unspecified atom stereocenters. The fourth-order valence-electron chi connectivity index (χ4n) is 3.14. The number of hydrogen-bond acceptors (Lipinski definition) is 2. The molecule has 3 heteroatoms. The minimum absolute atomic E-state index is 0.126. The van der Waals surface area contributed by atoms with Crippen LogP contribution in [-0.2, 0) is 6.54 Å². The van der Waals surface area contributed by atoms with Crippen molar-refractivity contribution in [3.8, 4) is 0 Å². The van der Waals surface area contributed by atoms with Crippen LogP contribution < -0.4 is 10.2 Å². The molecule has 2 nitrogen and oxygen atoms in total. The van der Waals surface area contributed by atoms with Crippen LogP contribution in [0.4, 0.5) is 10.1 Å². The third-order valence-electron chi connectivity index (χ3n) is 4.63. The van der Waals surface area contributed by atoms with Crippen molar-refractivity contribution in [3.63, 3.8) is 0 Å². The summed E-state index contributed by atoms with van der Waals surface area (Å²) in [6.07, 6.45) is 5.06. The van der Waals surface area contributed by atoms with Crippen LogP contribution in [0.15, 0.2) is 18.2 Å². The first-order valence-electron chi connectivity index (χ1n) is 7.92. The van der Waals surface area contributed by atoms with Crippen molar-refractivity contribution in [2.45, 2.75) is 58.2 Å². The second kappa shape index (κ2) is 5.72. The Balaban J connectivity index is 1.82. The van der Waals surface area contributed by atoms with Gasteiger partial charge >= 0.3 is 0 Å². The Hall–Kier alpha value is -1.09. The van der Waals surface area contributed by atoms with E-state index >= 15 is 0 Å². The topological polar surface area (TPSA) is 15.3 Å². The van der Waals surface area contributed by atoms with Gasteiger partial charge in [0, 0.05) is 30.9 Å². The van der Waals surface area contributed by atoms with Gasteiger partial charge in [-0.05, 0) is 62.3 Å². The van der Waals surface area contributed by atoms with Gasteiger partial charge < -0.3 is 10.2 Å². The average Bonchev–Trinajstić information content (AvgIpc) is 3.24. The minimum Gasteiger partial charge on any atom is -0.368 e. The number of nitrogens with zero attached hydrogens (tertiary/aromatic N) is 1. The van der Waals surface area contributed by atoms with Gasteiger partial charge in [0.15, 0.2) is 0 Å². The predicted octanol–water partition coefficient (Wildman–Crippen LogP) is 3.70. The molecular formula is C17H25FN2. The van der Waals surface area contributed by atoms with Crippen LogP contribution in [0.5, 0.6) is 0 Å². The predicted molar refractivity (Wildman–Crippen MR) is 81.5 cm³/mol. The number of anilines is 1. The van der Waals surface area contributed by atoms with Crippen molar-refractivity contribution in [1.82, 2.24) is 5.32 Å². The number of rotatable bonds is 4. The smallest absolute Gasteiger partial charge is 0.123 e. The van der Waals surface area contributed by atoms with Crippen molar-refractivity contribution in [2.75, 3.05) is 11.4 Å². The van der Waals surface area contributed by atoms with E-state index in [-0.39, 0.29) is 5.82 Å². The van der Waals surface area contributed by atoms with E-state index in [0.717, 1.165) is 24.6 Å². The third kappa shape index (κ3) is 3.14. The first-order chi connectivity index (χ1) is 9.63. The molecule has 1 N–H and O–H groups in total. The highest BCUT2D eigenvalue weighted by Crippen LogP contribution is 2.31. The lowest BCUT2D eigenvalue weighted by atomic mass is 9.93. The van der Waals surface area contributed by atoms with E-state index in [0.29, 0.717) is 12.1 Å². The highest BCUT2D eigenvalue weighted by molar-refractivity contribution is 5.55. The minimum atomic E-state index is -0.126. The molecule has 0 spiro atoms. The van der Waals surface area contributed by atoms with E-state index in [2.05, 4.69) is 24.1 Å². The number of nitrogens with one attached hydrogen (secondary N) is 1. The monoisotopic (exact) mass is 276 g/mol. The maximum atomic E-state index is 13.6.